The molecule has 0 atom stereocenters. The molecule has 24 heavy (non-hydrogen) atoms. The summed E-state index contributed by atoms with van der Waals surface area (Å²) in [5.74, 6) is -0.264. The lowest BCUT2D eigenvalue weighted by Gasteiger charge is -2.23. The molecule has 0 bridgehead atoms. The number of benzene rings is 2. The first-order valence-corrected chi connectivity index (χ1v) is 11.8. The van der Waals surface area contributed by atoms with Crippen molar-refractivity contribution in [1.29, 1.82) is 0 Å². The van der Waals surface area contributed by atoms with Crippen LogP contribution < -0.4 is 10.5 Å². The second kappa shape index (κ2) is 8.69. The average Bonchev–Trinajstić information content (AvgIpc) is 2.60. The van der Waals surface area contributed by atoms with Gasteiger partial charge in [-0.25, -0.2) is 4.79 Å². The molecule has 128 valence electrons. The van der Waals surface area contributed by atoms with Crippen molar-refractivity contribution in [2.75, 3.05) is 18.5 Å². The van der Waals surface area contributed by atoms with Crippen molar-refractivity contribution >= 4 is 24.9 Å². The summed E-state index contributed by atoms with van der Waals surface area (Å²) in [7, 11) is -1.35. The summed E-state index contributed by atoms with van der Waals surface area (Å²) in [4.78, 5) is 11.6. The van der Waals surface area contributed by atoms with Gasteiger partial charge in [-0.1, -0.05) is 54.7 Å². The quantitative estimate of drug-likeness (QED) is 0.442. The molecule has 0 aromatic heterocycles. The van der Waals surface area contributed by atoms with E-state index in [1.54, 1.807) is 0 Å². The number of hydrogen-bond donors (Lipinski definition) is 1. The van der Waals surface area contributed by atoms with Crippen molar-refractivity contribution in [2.45, 2.75) is 32.5 Å². The third-order valence-corrected chi connectivity index (χ3v) is 7.76. The zero-order chi connectivity index (χ0) is 17.4. The number of carbonyl (C=O) groups is 1. The molecule has 0 radical (unpaired) electrons. The van der Waals surface area contributed by atoms with E-state index in [1.807, 2.05) is 31.2 Å². The first kappa shape index (κ1) is 18.3. The second-order valence-electron chi connectivity index (χ2n) is 6.58. The maximum Gasteiger partial charge on any atom is 0.338 e. The molecule has 0 aliphatic rings. The molecule has 0 saturated carbocycles. The van der Waals surface area contributed by atoms with E-state index in [2.05, 4.69) is 48.7 Å². The molecule has 0 fully saturated rings. The van der Waals surface area contributed by atoms with Gasteiger partial charge in [0.05, 0.1) is 20.2 Å². The minimum Gasteiger partial charge on any atom is -0.462 e. The van der Waals surface area contributed by atoms with E-state index in [0.717, 1.165) is 18.7 Å². The fourth-order valence-electron chi connectivity index (χ4n) is 2.74. The van der Waals surface area contributed by atoms with Crippen LogP contribution in [0.1, 0.15) is 23.7 Å². The van der Waals surface area contributed by atoms with E-state index in [1.165, 1.54) is 11.2 Å². The van der Waals surface area contributed by atoms with Gasteiger partial charge in [0.15, 0.2) is 0 Å². The second-order valence-corrected chi connectivity index (χ2v) is 11.4. The molecule has 0 aliphatic heterocycles. The van der Waals surface area contributed by atoms with Crippen LogP contribution in [-0.4, -0.2) is 27.2 Å². The van der Waals surface area contributed by atoms with E-state index < -0.39 is 8.07 Å². The van der Waals surface area contributed by atoms with Gasteiger partial charge in [-0.05, 0) is 37.6 Å². The van der Waals surface area contributed by atoms with Gasteiger partial charge in [0.25, 0.3) is 0 Å². The zero-order valence-electron chi connectivity index (χ0n) is 14.8. The fourth-order valence-corrected chi connectivity index (χ4v) is 5.18. The first-order chi connectivity index (χ1) is 11.5. The molecular formula is C20H27NO2Si. The zero-order valence-corrected chi connectivity index (χ0v) is 15.8. The van der Waals surface area contributed by atoms with Gasteiger partial charge in [-0.3, -0.25) is 0 Å². The third-order valence-electron chi connectivity index (χ3n) is 4.26. The average molecular weight is 342 g/mol. The summed E-state index contributed by atoms with van der Waals surface area (Å²) in [6.07, 6.45) is 1.15. The van der Waals surface area contributed by atoms with Gasteiger partial charge in [0.2, 0.25) is 0 Å². The van der Waals surface area contributed by atoms with Gasteiger partial charge in [-0.2, -0.15) is 0 Å². The van der Waals surface area contributed by atoms with Gasteiger partial charge in [0.1, 0.15) is 0 Å². The monoisotopic (exact) mass is 341 g/mol. The molecule has 0 unspecified atom stereocenters. The lowest BCUT2D eigenvalue weighted by atomic mass is 10.2. The van der Waals surface area contributed by atoms with Crippen LogP contribution in [0.25, 0.3) is 0 Å². The van der Waals surface area contributed by atoms with Gasteiger partial charge in [-0.15, -0.1) is 0 Å². The Balaban J connectivity index is 1.79. The van der Waals surface area contributed by atoms with Crippen molar-refractivity contribution < 1.29 is 9.53 Å². The molecular weight excluding hydrogens is 314 g/mol. The third kappa shape index (κ3) is 5.23. The van der Waals surface area contributed by atoms with E-state index in [-0.39, 0.29) is 5.97 Å². The van der Waals surface area contributed by atoms with Gasteiger partial charge in [0, 0.05) is 12.2 Å². The summed E-state index contributed by atoms with van der Waals surface area (Å²) >= 11 is 0. The van der Waals surface area contributed by atoms with E-state index in [9.17, 15) is 4.79 Å². The lowest BCUT2D eigenvalue weighted by molar-refractivity contribution is 0.0526. The molecule has 4 heteroatoms. The van der Waals surface area contributed by atoms with E-state index in [4.69, 9.17) is 4.74 Å². The van der Waals surface area contributed by atoms with Crippen LogP contribution in [0.3, 0.4) is 0 Å². The SMILES string of the molecule is CCOC(=O)c1ccc(NCCC[Si](C)(C)c2ccccc2)cc1. The molecule has 0 amide bonds. The Kier molecular flexibility index (Phi) is 6.61. The predicted molar refractivity (Wildman–Crippen MR) is 104 cm³/mol. The maximum absolute atomic E-state index is 11.6. The molecule has 3 nitrogen and oxygen atoms in total. The highest BCUT2D eigenvalue weighted by Crippen LogP contribution is 2.14. The van der Waals surface area contributed by atoms with Crippen LogP contribution in [0.15, 0.2) is 54.6 Å². The number of esters is 1. The summed E-state index contributed by atoms with van der Waals surface area (Å²) < 4.78 is 4.99. The minimum atomic E-state index is -1.35. The fraction of sp³-hybridized carbons (Fsp3) is 0.350. The molecule has 2 rings (SSSR count). The van der Waals surface area contributed by atoms with Crippen molar-refractivity contribution in [3.8, 4) is 0 Å². The Morgan fingerprint density at radius 1 is 1.04 bits per heavy atom. The molecule has 0 saturated heterocycles. The van der Waals surface area contributed by atoms with Gasteiger partial charge < -0.3 is 10.1 Å². The van der Waals surface area contributed by atoms with Crippen molar-refractivity contribution in [1.82, 2.24) is 0 Å². The molecule has 2 aromatic rings. The highest BCUT2D eigenvalue weighted by molar-refractivity contribution is 6.89. The largest absolute Gasteiger partial charge is 0.462 e. The summed E-state index contributed by atoms with van der Waals surface area (Å²) in [6.45, 7) is 8.02. The molecule has 0 spiro atoms. The Bertz CT molecular complexity index is 638. The lowest BCUT2D eigenvalue weighted by Crippen LogP contribution is -2.41. The standard InChI is InChI=1S/C20H27NO2Si/c1-4-23-20(22)17-11-13-18(14-12-17)21-15-8-16-24(2,3)19-9-6-5-7-10-19/h5-7,9-14,21H,4,8,15-16H2,1-3H3. The summed E-state index contributed by atoms with van der Waals surface area (Å²) in [5.41, 5.74) is 1.64. The number of rotatable bonds is 8. The predicted octanol–water partition coefficient (Wildman–Crippen LogP) is 4.28. The number of anilines is 1. The Morgan fingerprint density at radius 2 is 1.71 bits per heavy atom. The minimum absolute atomic E-state index is 0.264. The number of hydrogen-bond acceptors (Lipinski definition) is 3. The number of carbonyl (C=O) groups excluding carboxylic acids is 1. The van der Waals surface area contributed by atoms with Gasteiger partial charge >= 0.3 is 5.97 Å². The highest BCUT2D eigenvalue weighted by atomic mass is 28.3. The van der Waals surface area contributed by atoms with Crippen LogP contribution in [0.2, 0.25) is 19.1 Å². The maximum atomic E-state index is 11.6. The van der Waals surface area contributed by atoms with Crippen LogP contribution in [-0.2, 0) is 4.74 Å². The topological polar surface area (TPSA) is 38.3 Å². The Morgan fingerprint density at radius 3 is 2.33 bits per heavy atom. The Hall–Kier alpha value is -2.07. The van der Waals surface area contributed by atoms with Crippen molar-refractivity contribution in [2.24, 2.45) is 0 Å². The summed E-state index contributed by atoms with van der Waals surface area (Å²) in [6, 6.07) is 19.6. The molecule has 1 N–H and O–H groups in total. The van der Waals surface area contributed by atoms with Crippen molar-refractivity contribution in [3.05, 3.63) is 60.2 Å². The molecule has 2 aromatic carbocycles. The van der Waals surface area contributed by atoms with Crippen molar-refractivity contribution in [3.63, 3.8) is 0 Å². The van der Waals surface area contributed by atoms with Crippen LogP contribution in [0.4, 0.5) is 5.69 Å². The summed E-state index contributed by atoms with van der Waals surface area (Å²) in [5, 5.41) is 4.95. The normalized spacial score (nSPS) is 11.1. The first-order valence-electron chi connectivity index (χ1n) is 8.59. The highest BCUT2D eigenvalue weighted by Gasteiger charge is 2.22. The number of nitrogens with one attached hydrogen (secondary N) is 1. The number of ether oxygens (including phenoxy) is 1. The van der Waals surface area contributed by atoms with E-state index in [0.29, 0.717) is 12.2 Å². The van der Waals surface area contributed by atoms with Crippen LogP contribution >= 0.6 is 0 Å². The smallest absolute Gasteiger partial charge is 0.338 e. The van der Waals surface area contributed by atoms with E-state index >= 15 is 0 Å². The molecule has 0 aliphatic carbocycles. The Labute approximate surface area is 146 Å². The van der Waals surface area contributed by atoms with Crippen LogP contribution in [0.5, 0.6) is 0 Å². The van der Waals surface area contributed by atoms with Crippen LogP contribution in [0, 0.1) is 0 Å². The molecule has 0 heterocycles.